The molecule has 3 nitrogen and oxygen atoms in total. The number of hydrogen-bond acceptors (Lipinski definition) is 2. The summed E-state index contributed by atoms with van der Waals surface area (Å²) in [5.74, 6) is -0.129. The number of rotatable bonds is 2. The van der Waals surface area contributed by atoms with Crippen LogP contribution in [0.2, 0.25) is 0 Å². The number of halogens is 2. The molecule has 0 aliphatic heterocycles. The van der Waals surface area contributed by atoms with Gasteiger partial charge in [-0.3, -0.25) is 9.78 Å². The van der Waals surface area contributed by atoms with E-state index in [1.165, 1.54) is 0 Å². The van der Waals surface area contributed by atoms with E-state index in [4.69, 9.17) is 0 Å². The van der Waals surface area contributed by atoms with Crippen LogP contribution in [0.4, 0.5) is 5.69 Å². The maximum atomic E-state index is 12.0. The molecule has 1 aromatic carbocycles. The first-order valence-corrected chi connectivity index (χ1v) is 6.70. The molecular formula is C12H8BrIN2O. The molecule has 86 valence electrons. The van der Waals surface area contributed by atoms with Gasteiger partial charge >= 0.3 is 0 Å². The summed E-state index contributed by atoms with van der Waals surface area (Å²) in [4.78, 5) is 15.9. The molecule has 0 saturated heterocycles. The van der Waals surface area contributed by atoms with Gasteiger partial charge in [0.25, 0.3) is 5.91 Å². The Labute approximate surface area is 121 Å². The van der Waals surface area contributed by atoms with Crippen LogP contribution in [0.3, 0.4) is 0 Å². The summed E-state index contributed by atoms with van der Waals surface area (Å²) in [6.45, 7) is 0. The van der Waals surface area contributed by atoms with Crippen molar-refractivity contribution in [2.24, 2.45) is 0 Å². The van der Waals surface area contributed by atoms with Gasteiger partial charge < -0.3 is 5.32 Å². The summed E-state index contributed by atoms with van der Waals surface area (Å²) in [7, 11) is 0. The quantitative estimate of drug-likeness (QED) is 0.778. The fraction of sp³-hybridized carbons (Fsp3) is 0. The molecule has 5 heteroatoms. The molecule has 1 amide bonds. The maximum Gasteiger partial charge on any atom is 0.255 e. The molecule has 2 aromatic rings. The van der Waals surface area contributed by atoms with Crippen molar-refractivity contribution in [1.29, 1.82) is 0 Å². The van der Waals surface area contributed by atoms with Gasteiger partial charge in [0.1, 0.15) is 0 Å². The lowest BCUT2D eigenvalue weighted by molar-refractivity contribution is 0.102. The minimum absolute atomic E-state index is 0.129. The van der Waals surface area contributed by atoms with Gasteiger partial charge in [-0.25, -0.2) is 0 Å². The highest BCUT2D eigenvalue weighted by atomic mass is 127. The highest BCUT2D eigenvalue weighted by molar-refractivity contribution is 14.1. The minimum Gasteiger partial charge on any atom is -0.321 e. The lowest BCUT2D eigenvalue weighted by Crippen LogP contribution is -2.12. The molecule has 2 rings (SSSR count). The number of carbonyl (C=O) groups excluding carboxylic acids is 1. The van der Waals surface area contributed by atoms with Crippen molar-refractivity contribution in [1.82, 2.24) is 4.98 Å². The van der Waals surface area contributed by atoms with E-state index in [-0.39, 0.29) is 5.91 Å². The van der Waals surface area contributed by atoms with E-state index in [0.717, 1.165) is 8.04 Å². The van der Waals surface area contributed by atoms with Gasteiger partial charge in [-0.1, -0.05) is 6.07 Å². The first-order valence-electron chi connectivity index (χ1n) is 4.83. The van der Waals surface area contributed by atoms with E-state index in [0.29, 0.717) is 11.3 Å². The van der Waals surface area contributed by atoms with Gasteiger partial charge in [0.05, 0.1) is 10.2 Å². The Morgan fingerprint density at radius 2 is 2.18 bits per heavy atom. The molecule has 0 atom stereocenters. The highest BCUT2D eigenvalue weighted by Crippen LogP contribution is 2.20. The second-order valence-corrected chi connectivity index (χ2v) is 5.42. The fourth-order valence-electron chi connectivity index (χ4n) is 1.30. The van der Waals surface area contributed by atoms with E-state index < -0.39 is 0 Å². The van der Waals surface area contributed by atoms with Crippen LogP contribution in [0.15, 0.2) is 47.2 Å². The molecule has 0 radical (unpaired) electrons. The molecule has 0 saturated carbocycles. The second kappa shape index (κ2) is 5.59. The van der Waals surface area contributed by atoms with Gasteiger partial charge in [0.2, 0.25) is 0 Å². The van der Waals surface area contributed by atoms with Gasteiger partial charge in [-0.2, -0.15) is 0 Å². The van der Waals surface area contributed by atoms with E-state index in [2.05, 4.69) is 48.8 Å². The standard InChI is InChI=1S/C12H8BrIN2O/c13-10-7-15-5-4-11(10)16-12(17)8-2-1-3-9(14)6-8/h1-7H,(H,15,16,17). The largest absolute Gasteiger partial charge is 0.321 e. The summed E-state index contributed by atoms with van der Waals surface area (Å²) < 4.78 is 1.79. The Morgan fingerprint density at radius 1 is 1.35 bits per heavy atom. The van der Waals surface area contributed by atoms with Crippen molar-refractivity contribution in [3.63, 3.8) is 0 Å². The molecule has 0 unspecified atom stereocenters. The maximum absolute atomic E-state index is 12.0. The fourth-order valence-corrected chi connectivity index (χ4v) is 2.19. The van der Waals surface area contributed by atoms with Crippen LogP contribution in [-0.2, 0) is 0 Å². The number of pyridine rings is 1. The van der Waals surface area contributed by atoms with E-state index in [1.807, 2.05) is 18.2 Å². The Kier molecular flexibility index (Phi) is 4.11. The summed E-state index contributed by atoms with van der Waals surface area (Å²) in [5.41, 5.74) is 1.35. The lowest BCUT2D eigenvalue weighted by atomic mass is 10.2. The van der Waals surface area contributed by atoms with E-state index in [1.54, 1.807) is 24.5 Å². The Hall–Kier alpha value is -0.950. The number of amides is 1. The van der Waals surface area contributed by atoms with Gasteiger partial charge in [0.15, 0.2) is 0 Å². The smallest absolute Gasteiger partial charge is 0.255 e. The first-order chi connectivity index (χ1) is 8.16. The minimum atomic E-state index is -0.129. The van der Waals surface area contributed by atoms with Crippen molar-refractivity contribution < 1.29 is 4.79 Å². The number of aromatic nitrogens is 1. The van der Waals surface area contributed by atoms with E-state index in [9.17, 15) is 4.79 Å². The van der Waals surface area contributed by atoms with Crippen LogP contribution in [0.5, 0.6) is 0 Å². The molecule has 17 heavy (non-hydrogen) atoms. The van der Waals surface area contributed by atoms with Crippen LogP contribution in [0.1, 0.15) is 10.4 Å². The molecule has 1 aromatic heterocycles. The van der Waals surface area contributed by atoms with Crippen molar-refractivity contribution in [2.45, 2.75) is 0 Å². The molecule has 0 bridgehead atoms. The van der Waals surface area contributed by atoms with Crippen LogP contribution in [0, 0.1) is 3.57 Å². The van der Waals surface area contributed by atoms with Gasteiger partial charge in [-0.15, -0.1) is 0 Å². The van der Waals surface area contributed by atoms with Crippen LogP contribution in [0.25, 0.3) is 0 Å². The van der Waals surface area contributed by atoms with Crippen LogP contribution >= 0.6 is 38.5 Å². The lowest BCUT2D eigenvalue weighted by Gasteiger charge is -2.06. The summed E-state index contributed by atoms with van der Waals surface area (Å²) in [5, 5.41) is 2.82. The van der Waals surface area contributed by atoms with Crippen molar-refractivity contribution >= 4 is 50.1 Å². The number of nitrogens with one attached hydrogen (secondary N) is 1. The number of hydrogen-bond donors (Lipinski definition) is 1. The first kappa shape index (κ1) is 12.5. The third kappa shape index (κ3) is 3.26. The van der Waals surface area contributed by atoms with Gasteiger partial charge in [-0.05, 0) is 62.8 Å². The Morgan fingerprint density at radius 3 is 2.88 bits per heavy atom. The third-order valence-corrected chi connectivity index (χ3v) is 3.41. The molecule has 0 fully saturated rings. The van der Waals surface area contributed by atoms with E-state index >= 15 is 0 Å². The molecule has 1 heterocycles. The normalized spacial score (nSPS) is 10.0. The zero-order chi connectivity index (χ0) is 12.3. The zero-order valence-electron chi connectivity index (χ0n) is 8.65. The van der Waals surface area contributed by atoms with Crippen molar-refractivity contribution in [3.8, 4) is 0 Å². The second-order valence-electron chi connectivity index (χ2n) is 3.32. The average molecular weight is 403 g/mol. The molecule has 1 N–H and O–H groups in total. The number of anilines is 1. The predicted molar refractivity (Wildman–Crippen MR) is 79.0 cm³/mol. The number of nitrogens with zero attached hydrogens (tertiary/aromatic N) is 1. The molecule has 0 aliphatic rings. The SMILES string of the molecule is O=C(Nc1ccncc1Br)c1cccc(I)c1. The zero-order valence-corrected chi connectivity index (χ0v) is 12.4. The predicted octanol–water partition coefficient (Wildman–Crippen LogP) is 3.70. The van der Waals surface area contributed by atoms with Gasteiger partial charge in [0, 0.05) is 21.5 Å². The topological polar surface area (TPSA) is 42.0 Å². The highest BCUT2D eigenvalue weighted by Gasteiger charge is 2.08. The summed E-state index contributed by atoms with van der Waals surface area (Å²) in [6, 6.07) is 9.17. The number of benzene rings is 1. The summed E-state index contributed by atoms with van der Waals surface area (Å²) >= 11 is 5.51. The van der Waals surface area contributed by atoms with Crippen LogP contribution < -0.4 is 5.32 Å². The van der Waals surface area contributed by atoms with Crippen LogP contribution in [-0.4, -0.2) is 10.9 Å². The Balaban J connectivity index is 2.20. The average Bonchev–Trinajstić information content (AvgIpc) is 2.32. The third-order valence-electron chi connectivity index (χ3n) is 2.11. The number of carbonyl (C=O) groups is 1. The molecular weight excluding hydrogens is 395 g/mol. The Bertz CT molecular complexity index is 560. The van der Waals surface area contributed by atoms with Crippen molar-refractivity contribution in [3.05, 3.63) is 56.3 Å². The van der Waals surface area contributed by atoms with Crippen molar-refractivity contribution in [2.75, 3.05) is 5.32 Å². The summed E-state index contributed by atoms with van der Waals surface area (Å²) in [6.07, 6.45) is 3.28. The molecule has 0 spiro atoms. The monoisotopic (exact) mass is 402 g/mol. The molecule has 0 aliphatic carbocycles.